The van der Waals surface area contributed by atoms with Gasteiger partial charge in [0.25, 0.3) is 5.91 Å². The van der Waals surface area contributed by atoms with Gasteiger partial charge < -0.3 is 20.5 Å². The van der Waals surface area contributed by atoms with Crippen LogP contribution in [0.3, 0.4) is 0 Å². The zero-order chi connectivity index (χ0) is 15.0. The predicted octanol–water partition coefficient (Wildman–Crippen LogP) is 0.717. The normalized spacial score (nSPS) is 25.6. The number of carbonyl (C=O) groups excluding carboxylic acids is 1. The Hall–Kier alpha value is -1.89. The van der Waals surface area contributed by atoms with Crippen LogP contribution in [-0.4, -0.2) is 45.1 Å². The molecule has 1 aromatic rings. The Bertz CT molecular complexity index is 563. The third kappa shape index (κ3) is 2.42. The standard InChI is InChI=1S/C14H20N4O3/c1-21-12-11-8(16-14(15)17-12)7-18(13(11)20)9-5-3-2-4-6-10(9)19/h9-10,19H,2-7H2,1H3,(H2,15,16,17). The Morgan fingerprint density at radius 1 is 1.29 bits per heavy atom. The van der Waals surface area contributed by atoms with E-state index in [-0.39, 0.29) is 23.8 Å². The van der Waals surface area contributed by atoms with Gasteiger partial charge in [-0.2, -0.15) is 4.98 Å². The van der Waals surface area contributed by atoms with Crippen LogP contribution >= 0.6 is 0 Å². The van der Waals surface area contributed by atoms with Crippen molar-refractivity contribution in [3.05, 3.63) is 11.3 Å². The van der Waals surface area contributed by atoms with E-state index in [1.807, 2.05) is 0 Å². The van der Waals surface area contributed by atoms with Gasteiger partial charge in [-0.15, -0.1) is 0 Å². The molecule has 1 fully saturated rings. The number of anilines is 1. The lowest BCUT2D eigenvalue weighted by atomic mass is 10.0. The second kappa shape index (κ2) is 5.48. The number of aliphatic hydroxyl groups excluding tert-OH is 1. The quantitative estimate of drug-likeness (QED) is 0.779. The number of hydrogen-bond acceptors (Lipinski definition) is 6. The zero-order valence-electron chi connectivity index (χ0n) is 12.1. The molecule has 7 nitrogen and oxygen atoms in total. The average molecular weight is 292 g/mol. The highest BCUT2D eigenvalue weighted by molar-refractivity contribution is 6.00. The van der Waals surface area contributed by atoms with Crippen molar-refractivity contribution in [2.45, 2.75) is 50.8 Å². The number of nitrogens with zero attached hydrogens (tertiary/aromatic N) is 3. The van der Waals surface area contributed by atoms with Crippen molar-refractivity contribution in [1.82, 2.24) is 14.9 Å². The van der Waals surface area contributed by atoms with Gasteiger partial charge in [-0.25, -0.2) is 4.98 Å². The second-order valence-corrected chi connectivity index (χ2v) is 5.62. The smallest absolute Gasteiger partial charge is 0.261 e. The van der Waals surface area contributed by atoms with E-state index in [1.165, 1.54) is 7.11 Å². The molecule has 0 bridgehead atoms. The Labute approximate surface area is 123 Å². The molecule has 21 heavy (non-hydrogen) atoms. The molecule has 0 radical (unpaired) electrons. The number of aliphatic hydroxyl groups is 1. The second-order valence-electron chi connectivity index (χ2n) is 5.62. The Morgan fingerprint density at radius 2 is 2.05 bits per heavy atom. The molecule has 2 atom stereocenters. The first kappa shape index (κ1) is 14.1. The summed E-state index contributed by atoms with van der Waals surface area (Å²) in [7, 11) is 1.46. The molecular formula is C14H20N4O3. The number of hydrogen-bond donors (Lipinski definition) is 2. The van der Waals surface area contributed by atoms with E-state index in [0.717, 1.165) is 32.1 Å². The molecule has 3 N–H and O–H groups in total. The molecular weight excluding hydrogens is 272 g/mol. The topological polar surface area (TPSA) is 102 Å². The Balaban J connectivity index is 1.92. The van der Waals surface area contributed by atoms with Crippen molar-refractivity contribution in [2.24, 2.45) is 0 Å². The van der Waals surface area contributed by atoms with Gasteiger partial charge in [-0.05, 0) is 12.8 Å². The summed E-state index contributed by atoms with van der Waals surface area (Å²) in [6.07, 6.45) is 4.18. The van der Waals surface area contributed by atoms with Gasteiger partial charge in [0.15, 0.2) is 0 Å². The molecule has 1 aliphatic carbocycles. The van der Waals surface area contributed by atoms with E-state index in [4.69, 9.17) is 10.5 Å². The zero-order valence-corrected chi connectivity index (χ0v) is 12.1. The van der Waals surface area contributed by atoms with Crippen LogP contribution in [0.1, 0.15) is 48.2 Å². The maximum absolute atomic E-state index is 12.7. The van der Waals surface area contributed by atoms with Crippen molar-refractivity contribution < 1.29 is 14.6 Å². The van der Waals surface area contributed by atoms with Crippen molar-refractivity contribution in [3.8, 4) is 5.88 Å². The van der Waals surface area contributed by atoms with Crippen molar-refractivity contribution in [2.75, 3.05) is 12.8 Å². The van der Waals surface area contributed by atoms with E-state index >= 15 is 0 Å². The molecule has 2 heterocycles. The highest BCUT2D eigenvalue weighted by Gasteiger charge is 2.40. The largest absolute Gasteiger partial charge is 0.480 e. The maximum atomic E-state index is 12.7. The third-order valence-electron chi connectivity index (χ3n) is 4.30. The van der Waals surface area contributed by atoms with Crippen molar-refractivity contribution >= 4 is 11.9 Å². The fraction of sp³-hybridized carbons (Fsp3) is 0.643. The first-order valence-corrected chi connectivity index (χ1v) is 7.31. The number of ether oxygens (including phenoxy) is 1. The molecule has 1 aliphatic heterocycles. The minimum atomic E-state index is -0.484. The molecule has 1 amide bonds. The number of aromatic nitrogens is 2. The van der Waals surface area contributed by atoms with Crippen LogP contribution in [0.5, 0.6) is 5.88 Å². The van der Waals surface area contributed by atoms with Crippen LogP contribution in [0.2, 0.25) is 0 Å². The summed E-state index contributed by atoms with van der Waals surface area (Å²) in [6, 6.07) is -0.167. The van der Waals surface area contributed by atoms with E-state index in [1.54, 1.807) is 4.90 Å². The predicted molar refractivity (Wildman–Crippen MR) is 75.7 cm³/mol. The van der Waals surface area contributed by atoms with Crippen LogP contribution in [0, 0.1) is 0 Å². The van der Waals surface area contributed by atoms with Crippen LogP contribution in [0.15, 0.2) is 0 Å². The number of fused-ring (bicyclic) bond motifs is 1. The van der Waals surface area contributed by atoms with E-state index in [9.17, 15) is 9.90 Å². The number of amides is 1. The lowest BCUT2D eigenvalue weighted by Gasteiger charge is -2.30. The lowest BCUT2D eigenvalue weighted by molar-refractivity contribution is 0.0344. The molecule has 0 aromatic carbocycles. The summed E-state index contributed by atoms with van der Waals surface area (Å²) in [4.78, 5) is 22.5. The van der Waals surface area contributed by atoms with Gasteiger partial charge in [0, 0.05) is 0 Å². The molecule has 7 heteroatoms. The van der Waals surface area contributed by atoms with Crippen LogP contribution in [-0.2, 0) is 6.54 Å². The lowest BCUT2D eigenvalue weighted by Crippen LogP contribution is -2.43. The summed E-state index contributed by atoms with van der Waals surface area (Å²) >= 11 is 0. The Morgan fingerprint density at radius 3 is 2.81 bits per heavy atom. The molecule has 1 aromatic heterocycles. The summed E-state index contributed by atoms with van der Waals surface area (Å²) in [5.41, 5.74) is 6.61. The van der Waals surface area contributed by atoms with Gasteiger partial charge in [0.05, 0.1) is 31.5 Å². The Kier molecular flexibility index (Phi) is 3.67. The van der Waals surface area contributed by atoms with E-state index in [0.29, 0.717) is 17.8 Å². The summed E-state index contributed by atoms with van der Waals surface area (Å²) in [6.45, 7) is 0.360. The number of carbonyl (C=O) groups is 1. The van der Waals surface area contributed by atoms with Crippen LogP contribution in [0.25, 0.3) is 0 Å². The number of rotatable bonds is 2. The van der Waals surface area contributed by atoms with Gasteiger partial charge in [0.2, 0.25) is 11.8 Å². The summed E-state index contributed by atoms with van der Waals surface area (Å²) in [5, 5.41) is 10.3. The van der Waals surface area contributed by atoms with Crippen LogP contribution in [0.4, 0.5) is 5.95 Å². The first-order valence-electron chi connectivity index (χ1n) is 7.31. The highest BCUT2D eigenvalue weighted by atomic mass is 16.5. The van der Waals surface area contributed by atoms with E-state index in [2.05, 4.69) is 9.97 Å². The third-order valence-corrected chi connectivity index (χ3v) is 4.30. The molecule has 0 saturated heterocycles. The molecule has 2 aliphatic rings. The molecule has 2 unspecified atom stereocenters. The molecule has 0 spiro atoms. The molecule has 114 valence electrons. The van der Waals surface area contributed by atoms with E-state index < -0.39 is 6.10 Å². The van der Waals surface area contributed by atoms with Crippen molar-refractivity contribution in [1.29, 1.82) is 0 Å². The number of nitrogens with two attached hydrogens (primary N) is 1. The minimum absolute atomic E-state index is 0.0988. The average Bonchev–Trinajstić information content (AvgIpc) is 2.64. The fourth-order valence-corrected chi connectivity index (χ4v) is 3.26. The molecule has 3 rings (SSSR count). The SMILES string of the molecule is COc1nc(N)nc2c1C(=O)N(C1CCCCCC1O)C2. The van der Waals surface area contributed by atoms with Gasteiger partial charge in [-0.1, -0.05) is 19.3 Å². The monoisotopic (exact) mass is 292 g/mol. The van der Waals surface area contributed by atoms with Gasteiger partial charge in [0.1, 0.15) is 5.56 Å². The summed E-state index contributed by atoms with van der Waals surface area (Å²) in [5.74, 6) is 0.141. The maximum Gasteiger partial charge on any atom is 0.261 e. The molecule has 1 saturated carbocycles. The first-order chi connectivity index (χ1) is 10.1. The number of methoxy groups -OCH3 is 1. The minimum Gasteiger partial charge on any atom is -0.480 e. The van der Waals surface area contributed by atoms with Crippen molar-refractivity contribution in [3.63, 3.8) is 0 Å². The number of nitrogen functional groups attached to an aromatic ring is 1. The van der Waals surface area contributed by atoms with Crippen LogP contribution < -0.4 is 10.5 Å². The fourth-order valence-electron chi connectivity index (χ4n) is 3.26. The highest BCUT2D eigenvalue weighted by Crippen LogP contribution is 2.33. The van der Waals surface area contributed by atoms with Gasteiger partial charge >= 0.3 is 0 Å². The van der Waals surface area contributed by atoms with Gasteiger partial charge in [-0.3, -0.25) is 4.79 Å². The summed E-state index contributed by atoms with van der Waals surface area (Å²) < 4.78 is 5.15.